The lowest BCUT2D eigenvalue weighted by Gasteiger charge is -2.08. The van der Waals surface area contributed by atoms with Gasteiger partial charge in [0.25, 0.3) is 0 Å². The van der Waals surface area contributed by atoms with Crippen molar-refractivity contribution in [3.63, 3.8) is 0 Å². The highest BCUT2D eigenvalue weighted by Gasteiger charge is 2.07. The first-order chi connectivity index (χ1) is 8.63. The van der Waals surface area contributed by atoms with Crippen LogP contribution in [0.1, 0.15) is 38.7 Å². The van der Waals surface area contributed by atoms with E-state index in [-0.39, 0.29) is 5.97 Å². The van der Waals surface area contributed by atoms with Crippen LogP contribution in [0.2, 0.25) is 0 Å². The summed E-state index contributed by atoms with van der Waals surface area (Å²) in [5, 5.41) is 0. The number of ether oxygens (including phenoxy) is 1. The molecule has 0 saturated carbocycles. The van der Waals surface area contributed by atoms with E-state index in [0.29, 0.717) is 11.3 Å². The Bertz CT molecular complexity index is 430. The van der Waals surface area contributed by atoms with E-state index >= 15 is 0 Å². The third kappa shape index (κ3) is 5.00. The molecule has 0 N–H and O–H groups in total. The largest absolute Gasteiger partial charge is 0.428 e. The zero-order chi connectivity index (χ0) is 13.4. The molecule has 0 spiro atoms. The molecule has 0 atom stereocenters. The summed E-state index contributed by atoms with van der Waals surface area (Å²) in [4.78, 5) is 11.5. The average Bonchev–Trinajstić information content (AvgIpc) is 2.37. The second-order valence-corrected chi connectivity index (χ2v) is 4.29. The summed E-state index contributed by atoms with van der Waals surface area (Å²) in [5.74, 6) is 0.351. The van der Waals surface area contributed by atoms with Crippen LogP contribution in [0, 0.1) is 0 Å². The molecule has 0 aromatic heterocycles. The zero-order valence-corrected chi connectivity index (χ0v) is 11.1. The minimum Gasteiger partial charge on any atom is -0.428 e. The van der Waals surface area contributed by atoms with Crippen molar-refractivity contribution in [1.29, 1.82) is 0 Å². The number of esters is 1. The van der Waals surface area contributed by atoms with Gasteiger partial charge in [-0.15, -0.1) is 0 Å². The normalized spacial score (nSPS) is 11.1. The van der Waals surface area contributed by atoms with Gasteiger partial charge in [0.2, 0.25) is 0 Å². The molecule has 0 radical (unpaired) electrons. The van der Waals surface area contributed by atoms with Crippen molar-refractivity contribution < 1.29 is 9.53 Å². The number of allylic oxidation sites excluding steroid dienone is 1. The summed E-state index contributed by atoms with van der Waals surface area (Å²) in [5.41, 5.74) is 1.46. The summed E-state index contributed by atoms with van der Waals surface area (Å²) in [6.07, 6.45) is 4.75. The zero-order valence-electron chi connectivity index (χ0n) is 11.1. The fourth-order valence-electron chi connectivity index (χ4n) is 1.45. The highest BCUT2D eigenvalue weighted by atomic mass is 16.5. The Morgan fingerprint density at radius 3 is 2.56 bits per heavy atom. The van der Waals surface area contributed by atoms with E-state index in [1.165, 1.54) is 0 Å². The van der Waals surface area contributed by atoms with Crippen LogP contribution in [0.15, 0.2) is 48.2 Å². The molecule has 2 heteroatoms. The molecule has 0 aliphatic heterocycles. The van der Waals surface area contributed by atoms with Crippen LogP contribution < -0.4 is 0 Å². The molecule has 0 aliphatic rings. The molecule has 1 aromatic rings. The van der Waals surface area contributed by atoms with Crippen LogP contribution in [-0.4, -0.2) is 5.97 Å². The number of hydrogen-bond donors (Lipinski definition) is 0. The minimum absolute atomic E-state index is 0.353. The van der Waals surface area contributed by atoms with Gasteiger partial charge < -0.3 is 4.74 Å². The van der Waals surface area contributed by atoms with E-state index in [1.807, 2.05) is 36.4 Å². The molecule has 0 fully saturated rings. The topological polar surface area (TPSA) is 26.3 Å². The Kier molecular flexibility index (Phi) is 5.92. The Balaban J connectivity index is 2.80. The molecule has 0 aliphatic carbocycles. The molecule has 0 bridgehead atoms. The van der Waals surface area contributed by atoms with E-state index in [2.05, 4.69) is 13.5 Å². The number of hydrogen-bond acceptors (Lipinski definition) is 2. The maximum atomic E-state index is 11.5. The van der Waals surface area contributed by atoms with Crippen molar-refractivity contribution in [1.82, 2.24) is 0 Å². The quantitative estimate of drug-likeness (QED) is 0.423. The van der Waals surface area contributed by atoms with Gasteiger partial charge in [0.1, 0.15) is 5.76 Å². The molecule has 1 aromatic carbocycles. The lowest BCUT2D eigenvalue weighted by Crippen LogP contribution is -2.05. The van der Waals surface area contributed by atoms with Gasteiger partial charge in [0.05, 0.1) is 0 Å². The number of carbonyl (C=O) groups excluding carboxylic acids is 1. The Hall–Kier alpha value is -1.83. The van der Waals surface area contributed by atoms with Crippen molar-refractivity contribution in [2.45, 2.75) is 33.1 Å². The van der Waals surface area contributed by atoms with E-state index in [0.717, 1.165) is 24.8 Å². The highest BCUT2D eigenvalue weighted by Crippen LogP contribution is 2.15. The van der Waals surface area contributed by atoms with E-state index in [9.17, 15) is 4.79 Å². The fraction of sp³-hybridized carbons (Fsp3) is 0.312. The van der Waals surface area contributed by atoms with Crippen LogP contribution in [0.4, 0.5) is 0 Å². The Morgan fingerprint density at radius 2 is 2.00 bits per heavy atom. The fourth-order valence-corrected chi connectivity index (χ4v) is 1.45. The number of rotatable bonds is 6. The predicted octanol–water partition coefficient (Wildman–Crippen LogP) is 4.34. The summed E-state index contributed by atoms with van der Waals surface area (Å²) >= 11 is 0. The molecule has 0 heterocycles. The summed E-state index contributed by atoms with van der Waals surface area (Å²) < 4.78 is 5.34. The monoisotopic (exact) mass is 244 g/mol. The first kappa shape index (κ1) is 14.2. The second-order valence-electron chi connectivity index (χ2n) is 4.29. The third-order valence-electron chi connectivity index (χ3n) is 2.48. The lowest BCUT2D eigenvalue weighted by molar-refractivity contribution is -0.135. The van der Waals surface area contributed by atoms with Crippen LogP contribution >= 0.6 is 0 Å². The van der Waals surface area contributed by atoms with Gasteiger partial charge in [-0.25, -0.2) is 4.79 Å². The summed E-state index contributed by atoms with van der Waals surface area (Å²) in [6.45, 7) is 7.36. The van der Waals surface area contributed by atoms with Crippen molar-refractivity contribution in [3.05, 3.63) is 53.8 Å². The number of carbonyl (C=O) groups is 1. The van der Waals surface area contributed by atoms with Crippen molar-refractivity contribution in [3.8, 4) is 0 Å². The summed E-state index contributed by atoms with van der Waals surface area (Å²) in [7, 11) is 0. The van der Waals surface area contributed by atoms with E-state index in [4.69, 9.17) is 4.74 Å². The number of benzene rings is 1. The first-order valence-corrected chi connectivity index (χ1v) is 6.26. The first-order valence-electron chi connectivity index (χ1n) is 6.26. The van der Waals surface area contributed by atoms with E-state index in [1.54, 1.807) is 6.92 Å². The Labute approximate surface area is 109 Å². The van der Waals surface area contributed by atoms with Crippen LogP contribution in [0.3, 0.4) is 0 Å². The van der Waals surface area contributed by atoms with Crippen LogP contribution in [0.25, 0.3) is 6.08 Å². The molecule has 1 rings (SSSR count). The number of unbranched alkanes of at least 4 members (excludes halogenated alkanes) is 1. The molecule has 18 heavy (non-hydrogen) atoms. The van der Waals surface area contributed by atoms with Crippen LogP contribution in [0.5, 0.6) is 0 Å². The predicted molar refractivity (Wildman–Crippen MR) is 74.9 cm³/mol. The van der Waals surface area contributed by atoms with Crippen LogP contribution in [-0.2, 0) is 9.53 Å². The second kappa shape index (κ2) is 7.49. The lowest BCUT2D eigenvalue weighted by atomic mass is 10.1. The van der Waals surface area contributed by atoms with Gasteiger partial charge in [-0.05, 0) is 25.0 Å². The summed E-state index contributed by atoms with van der Waals surface area (Å²) in [6, 6.07) is 9.86. The maximum absolute atomic E-state index is 11.5. The molecular formula is C16H20O2. The molecule has 0 amide bonds. The SMILES string of the molecule is C=C(C)C(=O)OC(=Cc1ccccc1)CCCC. The van der Waals surface area contributed by atoms with Crippen molar-refractivity contribution in [2.75, 3.05) is 0 Å². The average molecular weight is 244 g/mol. The van der Waals surface area contributed by atoms with Gasteiger partial charge in [0.15, 0.2) is 0 Å². The molecule has 0 unspecified atom stereocenters. The van der Waals surface area contributed by atoms with Gasteiger partial charge in [-0.3, -0.25) is 0 Å². The maximum Gasteiger partial charge on any atom is 0.338 e. The minimum atomic E-state index is -0.353. The van der Waals surface area contributed by atoms with E-state index < -0.39 is 0 Å². The van der Waals surface area contributed by atoms with Gasteiger partial charge in [0, 0.05) is 12.0 Å². The molecular weight excluding hydrogens is 224 g/mol. The van der Waals surface area contributed by atoms with Gasteiger partial charge in [-0.1, -0.05) is 50.3 Å². The molecule has 0 saturated heterocycles. The molecule has 2 nitrogen and oxygen atoms in total. The van der Waals surface area contributed by atoms with Crippen molar-refractivity contribution in [2.24, 2.45) is 0 Å². The standard InChI is InChI=1S/C16H20O2/c1-4-5-11-15(18-16(17)13(2)3)12-14-9-7-6-8-10-14/h6-10,12H,2,4-5,11H2,1,3H3. The third-order valence-corrected chi connectivity index (χ3v) is 2.48. The van der Waals surface area contributed by atoms with Crippen molar-refractivity contribution >= 4 is 12.0 Å². The molecule has 96 valence electrons. The highest BCUT2D eigenvalue weighted by molar-refractivity contribution is 5.88. The van der Waals surface area contributed by atoms with Gasteiger partial charge in [-0.2, -0.15) is 0 Å². The smallest absolute Gasteiger partial charge is 0.338 e. The Morgan fingerprint density at radius 1 is 1.33 bits per heavy atom. The van der Waals surface area contributed by atoms with Gasteiger partial charge >= 0.3 is 5.97 Å².